The number of hydrogen-bond donors (Lipinski definition) is 3. The number of hydrogen-bond acceptors (Lipinski definition) is 3. The van der Waals surface area contributed by atoms with E-state index in [1.807, 2.05) is 6.92 Å². The lowest BCUT2D eigenvalue weighted by Gasteiger charge is -2.20. The van der Waals surface area contributed by atoms with Gasteiger partial charge in [-0.1, -0.05) is 20.8 Å². The second-order valence-electron chi connectivity index (χ2n) is 5.77. The van der Waals surface area contributed by atoms with E-state index >= 15 is 0 Å². The van der Waals surface area contributed by atoms with Gasteiger partial charge in [-0.15, -0.1) is 0 Å². The van der Waals surface area contributed by atoms with E-state index < -0.39 is 5.97 Å². The summed E-state index contributed by atoms with van der Waals surface area (Å²) in [6.07, 6.45) is 2.71. The summed E-state index contributed by atoms with van der Waals surface area (Å²) in [7, 11) is 0. The van der Waals surface area contributed by atoms with Crippen LogP contribution in [0.1, 0.15) is 53.4 Å². The highest BCUT2D eigenvalue weighted by molar-refractivity contribution is 5.77. The quantitative estimate of drug-likeness (QED) is 0.543. The van der Waals surface area contributed by atoms with Gasteiger partial charge in [-0.05, 0) is 38.0 Å². The van der Waals surface area contributed by atoms with E-state index in [9.17, 15) is 9.59 Å². The fourth-order valence-electron chi connectivity index (χ4n) is 1.99. The Hall–Kier alpha value is -1.10. The molecule has 0 fully saturated rings. The predicted octanol–water partition coefficient (Wildman–Crippen LogP) is 2.02. The van der Waals surface area contributed by atoms with Gasteiger partial charge in [0.1, 0.15) is 0 Å². The first-order valence-corrected chi connectivity index (χ1v) is 7.58. The van der Waals surface area contributed by atoms with Crippen LogP contribution in [0.4, 0.5) is 0 Å². The van der Waals surface area contributed by atoms with E-state index in [-0.39, 0.29) is 12.3 Å². The molecule has 0 bridgehead atoms. The number of carboxylic acids is 1. The molecule has 0 rings (SSSR count). The second kappa shape index (κ2) is 10.7. The topological polar surface area (TPSA) is 78.4 Å². The lowest BCUT2D eigenvalue weighted by molar-refractivity contribution is -0.137. The van der Waals surface area contributed by atoms with Crippen molar-refractivity contribution in [3.05, 3.63) is 0 Å². The van der Waals surface area contributed by atoms with Crippen molar-refractivity contribution < 1.29 is 14.7 Å². The van der Waals surface area contributed by atoms with E-state index in [0.29, 0.717) is 37.4 Å². The molecule has 20 heavy (non-hydrogen) atoms. The third kappa shape index (κ3) is 9.78. The second-order valence-corrected chi connectivity index (χ2v) is 5.77. The van der Waals surface area contributed by atoms with Crippen molar-refractivity contribution in [2.45, 2.75) is 59.4 Å². The van der Waals surface area contributed by atoms with Gasteiger partial charge in [0, 0.05) is 19.0 Å². The number of carbonyl (C=O) groups excluding carboxylic acids is 1. The Balaban J connectivity index is 3.87. The monoisotopic (exact) mass is 286 g/mol. The Morgan fingerprint density at radius 2 is 1.80 bits per heavy atom. The van der Waals surface area contributed by atoms with Gasteiger partial charge in [0.25, 0.3) is 0 Å². The molecule has 0 aromatic heterocycles. The summed E-state index contributed by atoms with van der Waals surface area (Å²) in [5.74, 6) is 0.0295. The maximum absolute atomic E-state index is 11.6. The molecule has 0 saturated carbocycles. The smallest absolute Gasteiger partial charge is 0.303 e. The minimum Gasteiger partial charge on any atom is -0.481 e. The molecule has 0 saturated heterocycles. The summed E-state index contributed by atoms with van der Waals surface area (Å²) >= 11 is 0. The molecule has 0 aliphatic carbocycles. The number of carboxylic acid groups (broad SMARTS) is 1. The van der Waals surface area contributed by atoms with Gasteiger partial charge in [0.15, 0.2) is 0 Å². The fraction of sp³-hybridized carbons (Fsp3) is 0.867. The van der Waals surface area contributed by atoms with Crippen LogP contribution < -0.4 is 10.6 Å². The van der Waals surface area contributed by atoms with Gasteiger partial charge in [-0.3, -0.25) is 9.59 Å². The minimum atomic E-state index is -0.752. The maximum atomic E-state index is 11.6. The van der Waals surface area contributed by atoms with Crippen LogP contribution in [0.3, 0.4) is 0 Å². The summed E-state index contributed by atoms with van der Waals surface area (Å²) in [4.78, 5) is 22.2. The molecule has 2 atom stereocenters. The average molecular weight is 286 g/mol. The van der Waals surface area contributed by atoms with Crippen LogP contribution in [0, 0.1) is 11.8 Å². The number of aliphatic carboxylic acids is 1. The van der Waals surface area contributed by atoms with Gasteiger partial charge in [0.2, 0.25) is 5.91 Å². The minimum absolute atomic E-state index is 0.00559. The first-order chi connectivity index (χ1) is 9.36. The molecule has 5 heteroatoms. The Morgan fingerprint density at radius 3 is 2.30 bits per heavy atom. The van der Waals surface area contributed by atoms with E-state index in [0.717, 1.165) is 12.8 Å². The van der Waals surface area contributed by atoms with E-state index in [1.54, 1.807) is 0 Å². The standard InChI is InChI=1S/C15H30N2O3/c1-5-12(4)17-10-14(18)16-9-8-13(11(2)3)6-7-15(19)20/h11-13,17H,5-10H2,1-4H3,(H,16,18)(H,19,20). The first kappa shape index (κ1) is 18.9. The van der Waals surface area contributed by atoms with Crippen LogP contribution in [0.15, 0.2) is 0 Å². The number of amides is 1. The summed E-state index contributed by atoms with van der Waals surface area (Å²) in [5, 5.41) is 14.8. The van der Waals surface area contributed by atoms with Crippen molar-refractivity contribution in [2.24, 2.45) is 11.8 Å². The average Bonchev–Trinajstić information content (AvgIpc) is 2.38. The molecule has 0 aliphatic rings. The highest BCUT2D eigenvalue weighted by atomic mass is 16.4. The Labute approximate surface area is 122 Å². The molecule has 0 spiro atoms. The van der Waals surface area contributed by atoms with Crippen LogP contribution in [-0.4, -0.2) is 36.1 Å². The summed E-state index contributed by atoms with van der Waals surface area (Å²) in [6, 6.07) is 0.347. The molecule has 0 heterocycles. The molecular weight excluding hydrogens is 256 g/mol. The van der Waals surface area contributed by atoms with E-state index in [4.69, 9.17) is 5.11 Å². The fourth-order valence-corrected chi connectivity index (χ4v) is 1.99. The van der Waals surface area contributed by atoms with Crippen molar-refractivity contribution in [2.75, 3.05) is 13.1 Å². The molecule has 0 aliphatic heterocycles. The van der Waals surface area contributed by atoms with Crippen molar-refractivity contribution >= 4 is 11.9 Å². The van der Waals surface area contributed by atoms with E-state index in [2.05, 4.69) is 31.4 Å². The Bertz CT molecular complexity index is 293. The van der Waals surface area contributed by atoms with Crippen molar-refractivity contribution in [3.8, 4) is 0 Å². The van der Waals surface area contributed by atoms with Crippen LogP contribution >= 0.6 is 0 Å². The van der Waals surface area contributed by atoms with Crippen LogP contribution in [0.5, 0.6) is 0 Å². The van der Waals surface area contributed by atoms with Crippen LogP contribution in [0.2, 0.25) is 0 Å². The molecular formula is C15H30N2O3. The predicted molar refractivity (Wildman–Crippen MR) is 80.6 cm³/mol. The Kier molecular flexibility index (Phi) is 10.1. The van der Waals surface area contributed by atoms with Crippen LogP contribution in [0.25, 0.3) is 0 Å². The summed E-state index contributed by atoms with van der Waals surface area (Å²) in [5.41, 5.74) is 0. The molecule has 0 radical (unpaired) electrons. The molecule has 0 aromatic carbocycles. The van der Waals surface area contributed by atoms with E-state index in [1.165, 1.54) is 0 Å². The SMILES string of the molecule is CCC(C)NCC(=O)NCCC(CCC(=O)O)C(C)C. The van der Waals surface area contributed by atoms with Crippen molar-refractivity contribution in [3.63, 3.8) is 0 Å². The van der Waals surface area contributed by atoms with Crippen LogP contribution in [-0.2, 0) is 9.59 Å². The van der Waals surface area contributed by atoms with Gasteiger partial charge in [0.05, 0.1) is 6.54 Å². The number of nitrogens with one attached hydrogen (secondary N) is 2. The zero-order chi connectivity index (χ0) is 15.5. The highest BCUT2D eigenvalue weighted by Crippen LogP contribution is 2.20. The third-order valence-corrected chi connectivity index (χ3v) is 3.73. The maximum Gasteiger partial charge on any atom is 0.303 e. The number of rotatable bonds is 11. The van der Waals surface area contributed by atoms with Gasteiger partial charge in [-0.25, -0.2) is 0 Å². The zero-order valence-corrected chi connectivity index (χ0v) is 13.2. The third-order valence-electron chi connectivity index (χ3n) is 3.73. The van der Waals surface area contributed by atoms with Gasteiger partial charge >= 0.3 is 5.97 Å². The zero-order valence-electron chi connectivity index (χ0n) is 13.2. The molecule has 0 aromatic rings. The van der Waals surface area contributed by atoms with Gasteiger partial charge in [-0.2, -0.15) is 0 Å². The highest BCUT2D eigenvalue weighted by Gasteiger charge is 2.15. The molecule has 1 amide bonds. The van der Waals surface area contributed by atoms with Crippen molar-refractivity contribution in [1.82, 2.24) is 10.6 Å². The normalized spacial score (nSPS) is 14.1. The lowest BCUT2D eigenvalue weighted by Crippen LogP contribution is -2.38. The first-order valence-electron chi connectivity index (χ1n) is 7.58. The molecule has 3 N–H and O–H groups in total. The molecule has 2 unspecified atom stereocenters. The summed E-state index contributed by atoms with van der Waals surface area (Å²) in [6.45, 7) is 9.27. The summed E-state index contributed by atoms with van der Waals surface area (Å²) < 4.78 is 0. The molecule has 118 valence electrons. The van der Waals surface area contributed by atoms with Gasteiger partial charge < -0.3 is 15.7 Å². The number of carbonyl (C=O) groups is 2. The largest absolute Gasteiger partial charge is 0.481 e. The van der Waals surface area contributed by atoms with Crippen molar-refractivity contribution in [1.29, 1.82) is 0 Å². The molecule has 5 nitrogen and oxygen atoms in total. The lowest BCUT2D eigenvalue weighted by atomic mass is 9.88. The Morgan fingerprint density at radius 1 is 1.15 bits per heavy atom.